The minimum atomic E-state index is 0.0330. The topological polar surface area (TPSA) is 84.3 Å². The van der Waals surface area contributed by atoms with E-state index in [0.717, 1.165) is 35.9 Å². The van der Waals surface area contributed by atoms with Crippen LogP contribution in [0.5, 0.6) is 0 Å². The average molecular weight is 267 g/mol. The molecule has 4 rings (SSSR count). The van der Waals surface area contributed by atoms with Gasteiger partial charge in [0.2, 0.25) is 0 Å². The second kappa shape index (κ2) is 4.53. The summed E-state index contributed by atoms with van der Waals surface area (Å²) in [6.45, 7) is 1.72. The van der Waals surface area contributed by atoms with Crippen LogP contribution in [0.25, 0.3) is 11.4 Å². The van der Waals surface area contributed by atoms with Crippen molar-refractivity contribution in [1.82, 2.24) is 35.3 Å². The summed E-state index contributed by atoms with van der Waals surface area (Å²) in [5, 5.41) is 18.9. The molecule has 0 spiro atoms. The molecule has 0 fully saturated rings. The van der Waals surface area contributed by atoms with Crippen molar-refractivity contribution in [2.24, 2.45) is 0 Å². The van der Waals surface area contributed by atoms with Gasteiger partial charge in [-0.1, -0.05) is 6.07 Å². The molecule has 0 saturated heterocycles. The first-order chi connectivity index (χ1) is 9.93. The summed E-state index contributed by atoms with van der Waals surface area (Å²) in [5.74, 6) is 1.77. The molecule has 0 bridgehead atoms. The molecule has 0 radical (unpaired) electrons. The Morgan fingerprint density at radius 1 is 1.25 bits per heavy atom. The van der Waals surface area contributed by atoms with E-state index >= 15 is 0 Å². The van der Waals surface area contributed by atoms with E-state index in [4.69, 9.17) is 0 Å². The molecule has 1 unspecified atom stereocenters. The van der Waals surface area contributed by atoms with Crippen LogP contribution in [0.3, 0.4) is 0 Å². The van der Waals surface area contributed by atoms with Crippen molar-refractivity contribution in [3.05, 3.63) is 48.3 Å². The van der Waals surface area contributed by atoms with Gasteiger partial charge in [-0.15, -0.1) is 10.2 Å². The predicted octanol–water partition coefficient (Wildman–Crippen LogP) is 0.756. The normalized spacial score (nSPS) is 17.9. The zero-order valence-corrected chi connectivity index (χ0v) is 10.7. The molecule has 7 nitrogen and oxygen atoms in total. The van der Waals surface area contributed by atoms with Crippen LogP contribution < -0.4 is 5.32 Å². The van der Waals surface area contributed by atoms with E-state index in [2.05, 4.69) is 35.3 Å². The molecule has 3 aromatic rings. The first-order valence-electron chi connectivity index (χ1n) is 6.49. The van der Waals surface area contributed by atoms with E-state index in [9.17, 15) is 0 Å². The quantitative estimate of drug-likeness (QED) is 0.716. The van der Waals surface area contributed by atoms with Crippen LogP contribution >= 0.6 is 0 Å². The number of hydrogen-bond acceptors (Lipinski definition) is 5. The fourth-order valence-electron chi connectivity index (χ4n) is 2.56. The minimum Gasteiger partial charge on any atom is -0.308 e. The Hall–Kier alpha value is -2.54. The molecule has 0 amide bonds. The van der Waals surface area contributed by atoms with Crippen LogP contribution in [0.15, 0.2) is 36.9 Å². The highest BCUT2D eigenvalue weighted by Gasteiger charge is 2.26. The summed E-state index contributed by atoms with van der Waals surface area (Å²) in [7, 11) is 0. The third-order valence-corrected chi connectivity index (χ3v) is 3.50. The second-order valence-corrected chi connectivity index (χ2v) is 4.69. The van der Waals surface area contributed by atoms with Crippen molar-refractivity contribution in [2.75, 3.05) is 6.54 Å². The van der Waals surface area contributed by atoms with E-state index in [-0.39, 0.29) is 6.04 Å². The first kappa shape index (κ1) is 11.3. The monoisotopic (exact) mass is 267 g/mol. The number of H-pyrrole nitrogens is 1. The van der Waals surface area contributed by atoms with Gasteiger partial charge in [-0.25, -0.2) is 0 Å². The smallest absolute Gasteiger partial charge is 0.167 e. The van der Waals surface area contributed by atoms with Crippen LogP contribution in [0.1, 0.15) is 17.4 Å². The van der Waals surface area contributed by atoms with Gasteiger partial charge >= 0.3 is 0 Å². The van der Waals surface area contributed by atoms with Gasteiger partial charge in [0.15, 0.2) is 11.6 Å². The van der Waals surface area contributed by atoms with Gasteiger partial charge in [0, 0.05) is 31.7 Å². The molecule has 4 heterocycles. The molecule has 1 aliphatic heterocycles. The molecule has 2 N–H and O–H groups in total. The predicted molar refractivity (Wildman–Crippen MR) is 71.7 cm³/mol. The molecule has 0 aromatic carbocycles. The number of aromatic nitrogens is 6. The summed E-state index contributed by atoms with van der Waals surface area (Å²) in [5.41, 5.74) is 2.05. The third-order valence-electron chi connectivity index (χ3n) is 3.50. The van der Waals surface area contributed by atoms with Gasteiger partial charge in [0.25, 0.3) is 0 Å². The summed E-state index contributed by atoms with van der Waals surface area (Å²) < 4.78 is 2.14. The van der Waals surface area contributed by atoms with Crippen LogP contribution in [-0.2, 0) is 6.54 Å². The van der Waals surface area contributed by atoms with Gasteiger partial charge in [-0.3, -0.25) is 10.1 Å². The molecule has 1 atom stereocenters. The van der Waals surface area contributed by atoms with Crippen LogP contribution in [0.2, 0.25) is 0 Å². The summed E-state index contributed by atoms with van der Waals surface area (Å²) in [4.78, 5) is 4.18. The maximum atomic E-state index is 4.35. The largest absolute Gasteiger partial charge is 0.308 e. The molecule has 0 saturated carbocycles. The van der Waals surface area contributed by atoms with Gasteiger partial charge in [0.05, 0.1) is 17.8 Å². The molecule has 20 heavy (non-hydrogen) atoms. The molecule has 7 heteroatoms. The van der Waals surface area contributed by atoms with Crippen molar-refractivity contribution in [3.63, 3.8) is 0 Å². The van der Waals surface area contributed by atoms with Crippen molar-refractivity contribution in [2.45, 2.75) is 12.6 Å². The summed E-state index contributed by atoms with van der Waals surface area (Å²) in [6.07, 6.45) is 7.23. The van der Waals surface area contributed by atoms with Crippen LogP contribution in [0.4, 0.5) is 0 Å². The van der Waals surface area contributed by atoms with Gasteiger partial charge in [0.1, 0.15) is 0 Å². The van der Waals surface area contributed by atoms with Gasteiger partial charge in [-0.2, -0.15) is 5.10 Å². The molecule has 0 aliphatic carbocycles. The fraction of sp³-hybridized carbons (Fsp3) is 0.231. The van der Waals surface area contributed by atoms with Crippen molar-refractivity contribution >= 4 is 0 Å². The van der Waals surface area contributed by atoms with E-state index < -0.39 is 0 Å². The second-order valence-electron chi connectivity index (χ2n) is 4.69. The zero-order valence-electron chi connectivity index (χ0n) is 10.7. The highest BCUT2D eigenvalue weighted by molar-refractivity contribution is 5.53. The van der Waals surface area contributed by atoms with Crippen LogP contribution in [0, 0.1) is 0 Å². The Kier molecular flexibility index (Phi) is 2.56. The number of rotatable bonds is 2. The van der Waals surface area contributed by atoms with Gasteiger partial charge in [-0.05, 0) is 11.6 Å². The lowest BCUT2D eigenvalue weighted by Gasteiger charge is -2.25. The first-order valence-corrected chi connectivity index (χ1v) is 6.49. The SMILES string of the molecule is c1cncc(C2NCCn3c(-c4cn[nH]c4)nnc32)c1. The van der Waals surface area contributed by atoms with Crippen molar-refractivity contribution < 1.29 is 0 Å². The zero-order chi connectivity index (χ0) is 13.4. The highest BCUT2D eigenvalue weighted by atomic mass is 15.3. The number of pyridine rings is 1. The number of aromatic amines is 1. The third kappa shape index (κ3) is 1.71. The molecule has 1 aliphatic rings. The molecular formula is C13H13N7. The van der Waals surface area contributed by atoms with E-state index in [1.165, 1.54) is 0 Å². The van der Waals surface area contributed by atoms with E-state index in [0.29, 0.717) is 0 Å². The van der Waals surface area contributed by atoms with Crippen LogP contribution in [-0.4, -0.2) is 36.5 Å². The lowest BCUT2D eigenvalue weighted by atomic mass is 10.1. The highest BCUT2D eigenvalue weighted by Crippen LogP contribution is 2.26. The standard InChI is InChI=1S/C13H13N7/c1-2-9(6-14-3-1)11-13-19-18-12(10-7-16-17-8-10)20(13)5-4-15-11/h1-3,6-8,11,15H,4-5H2,(H,16,17). The lowest BCUT2D eigenvalue weighted by Crippen LogP contribution is -2.34. The number of fused-ring (bicyclic) bond motifs is 1. The van der Waals surface area contributed by atoms with E-state index in [1.807, 2.05) is 24.5 Å². The Bertz CT molecular complexity index is 702. The van der Waals surface area contributed by atoms with E-state index in [1.54, 1.807) is 12.4 Å². The number of nitrogens with zero attached hydrogens (tertiary/aromatic N) is 5. The average Bonchev–Trinajstić information content (AvgIpc) is 3.16. The minimum absolute atomic E-state index is 0.0330. The molecular weight excluding hydrogens is 254 g/mol. The maximum absolute atomic E-state index is 4.35. The Morgan fingerprint density at radius 3 is 3.05 bits per heavy atom. The van der Waals surface area contributed by atoms with Crippen molar-refractivity contribution in [1.29, 1.82) is 0 Å². The Labute approximate surface area is 115 Å². The fourth-order valence-corrected chi connectivity index (χ4v) is 2.56. The molecule has 3 aromatic heterocycles. The van der Waals surface area contributed by atoms with Gasteiger partial charge < -0.3 is 9.88 Å². The van der Waals surface area contributed by atoms with Crippen molar-refractivity contribution in [3.8, 4) is 11.4 Å². The maximum Gasteiger partial charge on any atom is 0.167 e. The number of nitrogens with one attached hydrogen (secondary N) is 2. The Balaban J connectivity index is 1.80. The summed E-state index contributed by atoms with van der Waals surface area (Å²) >= 11 is 0. The Morgan fingerprint density at radius 2 is 2.25 bits per heavy atom. The number of hydrogen-bond donors (Lipinski definition) is 2. The molecule has 100 valence electrons. The summed E-state index contributed by atoms with van der Waals surface area (Å²) in [6, 6.07) is 4.01. The lowest BCUT2D eigenvalue weighted by molar-refractivity contribution is 0.457.